The lowest BCUT2D eigenvalue weighted by atomic mass is 10.2. The molecule has 0 radical (unpaired) electrons. The Bertz CT molecular complexity index is 600. The van der Waals surface area contributed by atoms with E-state index in [1.54, 1.807) is 30.3 Å². The molecule has 4 nitrogen and oxygen atoms in total. The number of halogens is 2. The molecule has 0 bridgehead atoms. The van der Waals surface area contributed by atoms with Gasteiger partial charge in [-0.25, -0.2) is 4.98 Å². The maximum atomic E-state index is 12.1. The molecule has 0 aliphatic carbocycles. The minimum Gasteiger partial charge on any atom is -0.496 e. The Hall–Kier alpha value is -1.78. The minimum absolute atomic E-state index is 0.330. The highest BCUT2D eigenvalue weighted by Crippen LogP contribution is 2.24. The number of anilines is 1. The van der Waals surface area contributed by atoms with Crippen LogP contribution in [0.25, 0.3) is 0 Å². The number of carbonyl (C=O) groups is 1. The van der Waals surface area contributed by atoms with E-state index in [0.717, 1.165) is 0 Å². The average Bonchev–Trinajstić information content (AvgIpc) is 2.41. The Kier molecular flexibility index (Phi) is 4.24. The third-order valence-electron chi connectivity index (χ3n) is 2.38. The van der Waals surface area contributed by atoms with E-state index < -0.39 is 0 Å². The smallest absolute Gasteiger partial charge is 0.260 e. The van der Waals surface area contributed by atoms with Crippen LogP contribution in [-0.2, 0) is 0 Å². The number of ether oxygens (including phenoxy) is 1. The van der Waals surface area contributed by atoms with Gasteiger partial charge in [0.1, 0.15) is 11.6 Å². The van der Waals surface area contributed by atoms with Crippen molar-refractivity contribution in [3.63, 3.8) is 0 Å². The minimum atomic E-state index is -0.330. The molecule has 0 unspecified atom stereocenters. The number of nitrogens with one attached hydrogen (secondary N) is 1. The molecule has 0 spiro atoms. The summed E-state index contributed by atoms with van der Waals surface area (Å²) in [6, 6.07) is 8.04. The van der Waals surface area contributed by atoms with Crippen molar-refractivity contribution in [3.8, 4) is 5.75 Å². The highest BCUT2D eigenvalue weighted by Gasteiger charge is 2.13. The van der Waals surface area contributed by atoms with Crippen LogP contribution in [0.1, 0.15) is 10.4 Å². The molecule has 1 amide bonds. The van der Waals surface area contributed by atoms with E-state index in [4.69, 9.17) is 27.9 Å². The number of amides is 1. The molecule has 0 aliphatic heterocycles. The lowest BCUT2D eigenvalue weighted by molar-refractivity contribution is 0.102. The van der Waals surface area contributed by atoms with Crippen molar-refractivity contribution >= 4 is 34.9 Å². The van der Waals surface area contributed by atoms with Gasteiger partial charge in [-0.05, 0) is 30.3 Å². The number of nitrogens with zero attached hydrogens (tertiary/aromatic N) is 1. The van der Waals surface area contributed by atoms with E-state index in [0.29, 0.717) is 27.2 Å². The van der Waals surface area contributed by atoms with Crippen LogP contribution in [0.3, 0.4) is 0 Å². The van der Waals surface area contributed by atoms with Crippen LogP contribution in [-0.4, -0.2) is 18.0 Å². The Morgan fingerprint density at radius 2 is 1.95 bits per heavy atom. The molecule has 0 saturated carbocycles. The van der Waals surface area contributed by atoms with E-state index in [1.807, 2.05) is 0 Å². The molecule has 98 valence electrons. The van der Waals surface area contributed by atoms with Gasteiger partial charge in [0.15, 0.2) is 0 Å². The lowest BCUT2D eigenvalue weighted by Crippen LogP contribution is -2.14. The van der Waals surface area contributed by atoms with Gasteiger partial charge in [0.2, 0.25) is 0 Å². The van der Waals surface area contributed by atoms with E-state index in [2.05, 4.69) is 10.3 Å². The van der Waals surface area contributed by atoms with Crippen LogP contribution in [0.5, 0.6) is 5.75 Å². The third kappa shape index (κ3) is 3.36. The number of rotatable bonds is 3. The summed E-state index contributed by atoms with van der Waals surface area (Å²) < 4.78 is 5.12. The fraction of sp³-hybridized carbons (Fsp3) is 0.0769. The van der Waals surface area contributed by atoms with Gasteiger partial charge in [-0.2, -0.15) is 0 Å². The Morgan fingerprint density at radius 1 is 1.21 bits per heavy atom. The molecule has 6 heteroatoms. The van der Waals surface area contributed by atoms with Gasteiger partial charge in [-0.15, -0.1) is 0 Å². The molecular weight excluding hydrogens is 287 g/mol. The zero-order valence-corrected chi connectivity index (χ0v) is 11.5. The predicted octanol–water partition coefficient (Wildman–Crippen LogP) is 3.65. The van der Waals surface area contributed by atoms with Crippen LogP contribution in [0.4, 0.5) is 5.82 Å². The molecule has 0 aliphatic rings. The number of pyridine rings is 1. The molecule has 2 rings (SSSR count). The second-order valence-corrected chi connectivity index (χ2v) is 4.53. The zero-order chi connectivity index (χ0) is 13.8. The summed E-state index contributed by atoms with van der Waals surface area (Å²) in [6.07, 6.45) is 1.45. The standard InChI is InChI=1S/C13H10Cl2N2O2/c1-19-11-6-8(14)2-4-10(11)13(18)17-12-5-3-9(15)7-16-12/h2-7H,1H3,(H,16,17,18). The van der Waals surface area contributed by atoms with Crippen molar-refractivity contribution in [1.82, 2.24) is 4.98 Å². The Balaban J connectivity index is 2.22. The fourth-order valence-electron chi connectivity index (χ4n) is 1.49. The summed E-state index contributed by atoms with van der Waals surface area (Å²) in [5, 5.41) is 3.65. The molecular formula is C13H10Cl2N2O2. The molecule has 2 aromatic rings. The van der Waals surface area contributed by atoms with Gasteiger partial charge in [0, 0.05) is 11.2 Å². The maximum absolute atomic E-state index is 12.1. The van der Waals surface area contributed by atoms with Crippen LogP contribution in [0.15, 0.2) is 36.5 Å². The number of benzene rings is 1. The van der Waals surface area contributed by atoms with Crippen molar-refractivity contribution in [3.05, 3.63) is 52.1 Å². The molecule has 1 heterocycles. The first-order valence-corrected chi connectivity index (χ1v) is 6.12. The van der Waals surface area contributed by atoms with Crippen molar-refractivity contribution in [2.45, 2.75) is 0 Å². The van der Waals surface area contributed by atoms with Crippen LogP contribution in [0, 0.1) is 0 Å². The molecule has 19 heavy (non-hydrogen) atoms. The fourth-order valence-corrected chi connectivity index (χ4v) is 1.76. The van der Waals surface area contributed by atoms with E-state index in [9.17, 15) is 4.79 Å². The van der Waals surface area contributed by atoms with Gasteiger partial charge in [-0.1, -0.05) is 23.2 Å². The van der Waals surface area contributed by atoms with E-state index >= 15 is 0 Å². The summed E-state index contributed by atoms with van der Waals surface area (Å²) in [4.78, 5) is 16.1. The van der Waals surface area contributed by atoms with Gasteiger partial charge >= 0.3 is 0 Å². The molecule has 1 aromatic heterocycles. The van der Waals surface area contributed by atoms with Gasteiger partial charge in [-0.3, -0.25) is 4.79 Å². The number of hydrogen-bond acceptors (Lipinski definition) is 3. The van der Waals surface area contributed by atoms with Crippen LogP contribution < -0.4 is 10.1 Å². The quantitative estimate of drug-likeness (QED) is 0.940. The Labute approximate surface area is 120 Å². The van der Waals surface area contributed by atoms with Crippen molar-refractivity contribution in [2.24, 2.45) is 0 Å². The monoisotopic (exact) mass is 296 g/mol. The number of methoxy groups -OCH3 is 1. The SMILES string of the molecule is COc1cc(Cl)ccc1C(=O)Nc1ccc(Cl)cn1. The predicted molar refractivity (Wildman–Crippen MR) is 75.2 cm³/mol. The number of aromatic nitrogens is 1. The van der Waals surface area contributed by atoms with Crippen molar-refractivity contribution in [2.75, 3.05) is 12.4 Å². The van der Waals surface area contributed by atoms with E-state index in [-0.39, 0.29) is 5.91 Å². The average molecular weight is 297 g/mol. The van der Waals surface area contributed by atoms with Crippen LogP contribution >= 0.6 is 23.2 Å². The Morgan fingerprint density at radius 3 is 2.58 bits per heavy atom. The van der Waals surface area contributed by atoms with Gasteiger partial charge in [0.25, 0.3) is 5.91 Å². The van der Waals surface area contributed by atoms with Gasteiger partial charge in [0.05, 0.1) is 17.7 Å². The summed E-state index contributed by atoms with van der Waals surface area (Å²) >= 11 is 11.6. The highest BCUT2D eigenvalue weighted by molar-refractivity contribution is 6.31. The second-order valence-electron chi connectivity index (χ2n) is 3.66. The third-order valence-corrected chi connectivity index (χ3v) is 2.84. The molecule has 0 fully saturated rings. The van der Waals surface area contributed by atoms with Gasteiger partial charge < -0.3 is 10.1 Å². The molecule has 0 saturated heterocycles. The summed E-state index contributed by atoms with van der Waals surface area (Å²) in [7, 11) is 1.48. The summed E-state index contributed by atoms with van der Waals surface area (Å²) in [6.45, 7) is 0. The summed E-state index contributed by atoms with van der Waals surface area (Å²) in [5.74, 6) is 0.480. The topological polar surface area (TPSA) is 51.2 Å². The summed E-state index contributed by atoms with van der Waals surface area (Å²) in [5.41, 5.74) is 0.378. The van der Waals surface area contributed by atoms with Crippen molar-refractivity contribution in [1.29, 1.82) is 0 Å². The largest absolute Gasteiger partial charge is 0.496 e. The normalized spacial score (nSPS) is 10.1. The first-order valence-electron chi connectivity index (χ1n) is 5.36. The first-order chi connectivity index (χ1) is 9.10. The van der Waals surface area contributed by atoms with Crippen LogP contribution in [0.2, 0.25) is 10.0 Å². The maximum Gasteiger partial charge on any atom is 0.260 e. The number of carbonyl (C=O) groups excluding carboxylic acids is 1. The molecule has 1 aromatic carbocycles. The molecule has 1 N–H and O–H groups in total. The van der Waals surface area contributed by atoms with Crippen molar-refractivity contribution < 1.29 is 9.53 Å². The van der Waals surface area contributed by atoms with E-state index in [1.165, 1.54) is 13.3 Å². The highest BCUT2D eigenvalue weighted by atomic mass is 35.5. The second kappa shape index (κ2) is 5.91. The lowest BCUT2D eigenvalue weighted by Gasteiger charge is -2.09. The first kappa shape index (κ1) is 13.6. The number of hydrogen-bond donors (Lipinski definition) is 1. The molecule has 0 atom stereocenters. The zero-order valence-electron chi connectivity index (χ0n) is 9.98.